The van der Waals surface area contributed by atoms with Crippen LogP contribution in [-0.4, -0.2) is 19.3 Å². The Morgan fingerprint density at radius 2 is 1.55 bits per heavy atom. The van der Waals surface area contributed by atoms with E-state index in [-0.39, 0.29) is 5.82 Å². The summed E-state index contributed by atoms with van der Waals surface area (Å²) in [6, 6.07) is 10.1. The lowest BCUT2D eigenvalue weighted by molar-refractivity contribution is 0.395. The van der Waals surface area contributed by atoms with Gasteiger partial charge in [-0.3, -0.25) is 0 Å². The van der Waals surface area contributed by atoms with Crippen molar-refractivity contribution in [2.75, 3.05) is 24.9 Å². The van der Waals surface area contributed by atoms with Gasteiger partial charge in [0.1, 0.15) is 17.3 Å². The Morgan fingerprint density at radius 1 is 0.955 bits per heavy atom. The summed E-state index contributed by atoms with van der Waals surface area (Å²) >= 11 is 5.26. The standard InChI is InChI=1S/C16H17FN2O2S/c1-10-6-11(4-5-15(10)17)18-16(22)19-12-7-13(20-2)9-14(8-12)21-3/h4-9H,1-3H3,(H2,18,19,22). The molecule has 116 valence electrons. The topological polar surface area (TPSA) is 42.5 Å². The van der Waals surface area contributed by atoms with Gasteiger partial charge in [0.15, 0.2) is 5.11 Å². The van der Waals surface area contributed by atoms with Crippen LogP contribution in [0, 0.1) is 12.7 Å². The van der Waals surface area contributed by atoms with Gasteiger partial charge in [0.2, 0.25) is 0 Å². The first kappa shape index (κ1) is 16.0. The largest absolute Gasteiger partial charge is 0.497 e. The van der Waals surface area contributed by atoms with Gasteiger partial charge in [-0.2, -0.15) is 0 Å². The van der Waals surface area contributed by atoms with Crippen molar-refractivity contribution in [2.45, 2.75) is 6.92 Å². The summed E-state index contributed by atoms with van der Waals surface area (Å²) in [7, 11) is 3.16. The number of aryl methyl sites for hydroxylation is 1. The molecule has 4 nitrogen and oxygen atoms in total. The van der Waals surface area contributed by atoms with Crippen LogP contribution < -0.4 is 20.1 Å². The Hall–Kier alpha value is -2.34. The number of anilines is 2. The first-order valence-electron chi connectivity index (χ1n) is 6.59. The minimum Gasteiger partial charge on any atom is -0.497 e. The van der Waals surface area contributed by atoms with Crippen molar-refractivity contribution in [3.63, 3.8) is 0 Å². The van der Waals surface area contributed by atoms with Crippen LogP contribution in [0.15, 0.2) is 36.4 Å². The van der Waals surface area contributed by atoms with E-state index >= 15 is 0 Å². The van der Waals surface area contributed by atoms with Crippen LogP contribution in [-0.2, 0) is 0 Å². The number of ether oxygens (including phenoxy) is 2. The van der Waals surface area contributed by atoms with Crippen molar-refractivity contribution in [1.29, 1.82) is 0 Å². The SMILES string of the molecule is COc1cc(NC(=S)Nc2ccc(F)c(C)c2)cc(OC)c1. The van der Waals surface area contributed by atoms with Gasteiger partial charge in [-0.25, -0.2) is 4.39 Å². The second-order valence-electron chi connectivity index (χ2n) is 4.64. The molecule has 0 saturated heterocycles. The van der Waals surface area contributed by atoms with E-state index in [0.717, 1.165) is 5.69 Å². The summed E-state index contributed by atoms with van der Waals surface area (Å²) in [4.78, 5) is 0. The van der Waals surface area contributed by atoms with Crippen LogP contribution >= 0.6 is 12.2 Å². The van der Waals surface area contributed by atoms with Crippen LogP contribution in [0.2, 0.25) is 0 Å². The van der Waals surface area contributed by atoms with Crippen molar-refractivity contribution < 1.29 is 13.9 Å². The Kier molecular flexibility index (Phi) is 5.16. The first-order chi connectivity index (χ1) is 10.5. The van der Waals surface area contributed by atoms with Crippen LogP contribution in [0.1, 0.15) is 5.56 Å². The molecule has 22 heavy (non-hydrogen) atoms. The number of thiocarbonyl (C=S) groups is 1. The van der Waals surface area contributed by atoms with E-state index in [1.165, 1.54) is 6.07 Å². The highest BCUT2D eigenvalue weighted by atomic mass is 32.1. The molecule has 0 amide bonds. The molecule has 0 radical (unpaired) electrons. The number of hydrogen-bond donors (Lipinski definition) is 2. The predicted octanol–water partition coefficient (Wildman–Crippen LogP) is 3.96. The molecule has 6 heteroatoms. The van der Waals surface area contributed by atoms with E-state index in [0.29, 0.717) is 27.9 Å². The molecule has 0 aliphatic rings. The molecule has 0 bridgehead atoms. The maximum Gasteiger partial charge on any atom is 0.175 e. The molecule has 0 aromatic heterocycles. The normalized spacial score (nSPS) is 10.0. The summed E-state index contributed by atoms with van der Waals surface area (Å²) in [5, 5.41) is 6.44. The van der Waals surface area contributed by atoms with Crippen molar-refractivity contribution in [3.05, 3.63) is 47.8 Å². The highest BCUT2D eigenvalue weighted by Gasteiger charge is 2.05. The smallest absolute Gasteiger partial charge is 0.175 e. The van der Waals surface area contributed by atoms with E-state index in [1.807, 2.05) is 0 Å². The van der Waals surface area contributed by atoms with Gasteiger partial charge in [-0.05, 0) is 42.9 Å². The molecule has 2 N–H and O–H groups in total. The second kappa shape index (κ2) is 7.09. The average molecular weight is 320 g/mol. The number of nitrogens with one attached hydrogen (secondary N) is 2. The van der Waals surface area contributed by atoms with Gasteiger partial charge < -0.3 is 20.1 Å². The molecular weight excluding hydrogens is 303 g/mol. The minimum atomic E-state index is -0.248. The van der Waals surface area contributed by atoms with Crippen LogP contribution in [0.25, 0.3) is 0 Å². The maximum atomic E-state index is 13.2. The first-order valence-corrected chi connectivity index (χ1v) is 7.00. The highest BCUT2D eigenvalue weighted by molar-refractivity contribution is 7.80. The third-order valence-electron chi connectivity index (χ3n) is 3.03. The van der Waals surface area contributed by atoms with Gasteiger partial charge in [-0.1, -0.05) is 0 Å². The number of rotatable bonds is 4. The third kappa shape index (κ3) is 4.08. The van der Waals surface area contributed by atoms with Gasteiger partial charge in [-0.15, -0.1) is 0 Å². The van der Waals surface area contributed by atoms with Crippen molar-refractivity contribution in [1.82, 2.24) is 0 Å². The number of hydrogen-bond acceptors (Lipinski definition) is 3. The lowest BCUT2D eigenvalue weighted by Crippen LogP contribution is -2.19. The van der Waals surface area contributed by atoms with E-state index in [2.05, 4.69) is 10.6 Å². The van der Waals surface area contributed by atoms with Gasteiger partial charge in [0.25, 0.3) is 0 Å². The Balaban J connectivity index is 2.09. The summed E-state index contributed by atoms with van der Waals surface area (Å²) < 4.78 is 23.6. The monoisotopic (exact) mass is 320 g/mol. The van der Waals surface area contributed by atoms with Crippen LogP contribution in [0.3, 0.4) is 0 Å². The average Bonchev–Trinajstić information content (AvgIpc) is 2.50. The molecule has 0 unspecified atom stereocenters. The quantitative estimate of drug-likeness (QED) is 0.835. The zero-order valence-corrected chi connectivity index (χ0v) is 13.4. The number of benzene rings is 2. The molecular formula is C16H17FN2O2S. The summed E-state index contributed by atoms with van der Waals surface area (Å²) in [6.45, 7) is 1.70. The summed E-state index contributed by atoms with van der Waals surface area (Å²) in [5.74, 6) is 1.06. The predicted molar refractivity (Wildman–Crippen MR) is 90.5 cm³/mol. The van der Waals surface area contributed by atoms with Crippen molar-refractivity contribution in [2.24, 2.45) is 0 Å². The Bertz CT molecular complexity index is 670. The Labute approximate surface area is 134 Å². The molecule has 0 saturated carbocycles. The zero-order chi connectivity index (χ0) is 16.1. The van der Waals surface area contributed by atoms with Crippen LogP contribution in [0.4, 0.5) is 15.8 Å². The highest BCUT2D eigenvalue weighted by Crippen LogP contribution is 2.26. The number of halogens is 1. The van der Waals surface area contributed by atoms with Gasteiger partial charge in [0.05, 0.1) is 14.2 Å². The molecule has 2 aromatic carbocycles. The van der Waals surface area contributed by atoms with Crippen LogP contribution in [0.5, 0.6) is 11.5 Å². The summed E-state index contributed by atoms with van der Waals surface area (Å²) in [5.41, 5.74) is 2.00. The second-order valence-corrected chi connectivity index (χ2v) is 5.05. The van der Waals surface area contributed by atoms with Gasteiger partial charge >= 0.3 is 0 Å². The van der Waals surface area contributed by atoms with Gasteiger partial charge in [0, 0.05) is 29.6 Å². The lowest BCUT2D eigenvalue weighted by Gasteiger charge is -2.13. The molecule has 2 aromatic rings. The fraction of sp³-hybridized carbons (Fsp3) is 0.188. The van der Waals surface area contributed by atoms with Crippen molar-refractivity contribution >= 4 is 28.7 Å². The summed E-state index contributed by atoms with van der Waals surface area (Å²) in [6.07, 6.45) is 0. The molecule has 0 aliphatic carbocycles. The third-order valence-corrected chi connectivity index (χ3v) is 3.23. The molecule has 0 heterocycles. The van der Waals surface area contributed by atoms with E-state index in [1.54, 1.807) is 51.5 Å². The Morgan fingerprint density at radius 3 is 2.09 bits per heavy atom. The van der Waals surface area contributed by atoms with E-state index in [9.17, 15) is 4.39 Å². The van der Waals surface area contributed by atoms with E-state index in [4.69, 9.17) is 21.7 Å². The lowest BCUT2D eigenvalue weighted by atomic mass is 10.2. The van der Waals surface area contributed by atoms with Crippen molar-refractivity contribution in [3.8, 4) is 11.5 Å². The fourth-order valence-electron chi connectivity index (χ4n) is 1.90. The fourth-order valence-corrected chi connectivity index (χ4v) is 2.13. The zero-order valence-electron chi connectivity index (χ0n) is 12.6. The molecule has 0 atom stereocenters. The van der Waals surface area contributed by atoms with E-state index < -0.39 is 0 Å². The molecule has 0 fully saturated rings. The molecule has 2 rings (SSSR count). The maximum absolute atomic E-state index is 13.2. The molecule has 0 spiro atoms. The minimum absolute atomic E-state index is 0.248. The number of methoxy groups -OCH3 is 2. The molecule has 0 aliphatic heterocycles.